The average molecular weight is 498 g/mol. The molecule has 0 aliphatic carbocycles. The van der Waals surface area contributed by atoms with E-state index in [1.165, 1.54) is 29.2 Å². The highest BCUT2D eigenvalue weighted by Gasteiger charge is 2.18. The van der Waals surface area contributed by atoms with Crippen LogP contribution in [0.25, 0.3) is 27.5 Å². The van der Waals surface area contributed by atoms with Crippen molar-refractivity contribution in [3.63, 3.8) is 0 Å². The van der Waals surface area contributed by atoms with Crippen molar-refractivity contribution in [3.8, 4) is 16.9 Å². The summed E-state index contributed by atoms with van der Waals surface area (Å²) in [7, 11) is 1.84. The summed E-state index contributed by atoms with van der Waals surface area (Å²) in [6.07, 6.45) is 7.88. The van der Waals surface area contributed by atoms with Crippen molar-refractivity contribution < 1.29 is 13.5 Å². The van der Waals surface area contributed by atoms with Crippen LogP contribution in [-0.4, -0.2) is 29.4 Å². The minimum Gasteiger partial charge on any atom is -0.485 e. The summed E-state index contributed by atoms with van der Waals surface area (Å²) in [5, 5.41) is 12.1. The summed E-state index contributed by atoms with van der Waals surface area (Å²) in [6.45, 7) is 1.89. The first-order valence-electron chi connectivity index (χ1n) is 11.5. The second-order valence-electron chi connectivity index (χ2n) is 8.63. The van der Waals surface area contributed by atoms with E-state index in [9.17, 15) is 4.39 Å². The van der Waals surface area contributed by atoms with Crippen molar-refractivity contribution in [2.75, 3.05) is 5.32 Å². The van der Waals surface area contributed by atoms with Gasteiger partial charge in [0, 0.05) is 36.0 Å². The molecule has 4 heterocycles. The molecule has 0 unspecified atom stereocenters. The summed E-state index contributed by atoms with van der Waals surface area (Å²) in [5.74, 6) is 0.221. The Balaban J connectivity index is 1.45. The van der Waals surface area contributed by atoms with Gasteiger partial charge in [-0.05, 0) is 48.9 Å². The monoisotopic (exact) mass is 497 g/mol. The number of pyridine rings is 1. The van der Waals surface area contributed by atoms with E-state index in [2.05, 4.69) is 25.5 Å². The summed E-state index contributed by atoms with van der Waals surface area (Å²) in [5.41, 5.74) is 3.69. The van der Waals surface area contributed by atoms with Gasteiger partial charge in [-0.15, -0.1) is 0 Å². The Hall–Kier alpha value is -4.86. The maximum atomic E-state index is 15.1. The van der Waals surface area contributed by atoms with Gasteiger partial charge in [-0.1, -0.05) is 12.1 Å². The molecule has 0 fully saturated rings. The SMILES string of the molecule is C[C@H](Oc1cc2c(Nc3ccn4nccc4c3F)ncnc2cc1-c1cnn(C)c1)c1ccc(F)cc1. The van der Waals surface area contributed by atoms with Crippen LogP contribution in [0.15, 0.2) is 79.6 Å². The lowest BCUT2D eigenvalue weighted by Gasteiger charge is -2.19. The lowest BCUT2D eigenvalue weighted by atomic mass is 10.0. The molecule has 0 spiro atoms. The first kappa shape index (κ1) is 22.6. The topological polar surface area (TPSA) is 82.2 Å². The predicted molar refractivity (Wildman–Crippen MR) is 136 cm³/mol. The Bertz CT molecular complexity index is 1740. The van der Waals surface area contributed by atoms with Crippen LogP contribution >= 0.6 is 0 Å². The molecule has 0 aliphatic rings. The zero-order valence-electron chi connectivity index (χ0n) is 19.9. The van der Waals surface area contributed by atoms with E-state index in [1.807, 2.05) is 32.3 Å². The van der Waals surface area contributed by atoms with Gasteiger partial charge in [-0.25, -0.2) is 23.3 Å². The van der Waals surface area contributed by atoms with Crippen LogP contribution in [-0.2, 0) is 7.05 Å². The quantitative estimate of drug-likeness (QED) is 0.311. The number of hydrogen-bond donors (Lipinski definition) is 1. The standard InChI is InChI=1S/C27H21F2N7O/c1-16(17-3-5-19(28)6-4-17)37-25-12-21-23(11-20(25)18-13-33-35(2)14-18)30-15-31-27(21)34-22-8-10-36-24(26(22)29)7-9-32-36/h3-16H,1-2H3,(H,30,31,34)/t16-/m0/s1. The van der Waals surface area contributed by atoms with E-state index < -0.39 is 5.82 Å². The third-order valence-corrected chi connectivity index (χ3v) is 6.16. The first-order valence-corrected chi connectivity index (χ1v) is 11.5. The first-order chi connectivity index (χ1) is 18.0. The summed E-state index contributed by atoms with van der Waals surface area (Å²) < 4.78 is 38.1. The van der Waals surface area contributed by atoms with E-state index in [-0.39, 0.29) is 17.6 Å². The average Bonchev–Trinajstić information content (AvgIpc) is 3.55. The molecule has 0 aliphatic heterocycles. The number of aryl methyl sites for hydroxylation is 1. The van der Waals surface area contributed by atoms with Crippen LogP contribution in [0.3, 0.4) is 0 Å². The van der Waals surface area contributed by atoms with Crippen molar-refractivity contribution >= 4 is 27.9 Å². The van der Waals surface area contributed by atoms with Gasteiger partial charge in [-0.3, -0.25) is 4.68 Å². The van der Waals surface area contributed by atoms with Gasteiger partial charge in [0.15, 0.2) is 5.82 Å². The lowest BCUT2D eigenvalue weighted by Crippen LogP contribution is -2.05. The fourth-order valence-corrected chi connectivity index (χ4v) is 4.25. The Morgan fingerprint density at radius 1 is 1.00 bits per heavy atom. The van der Waals surface area contributed by atoms with Crippen LogP contribution in [0.5, 0.6) is 5.75 Å². The van der Waals surface area contributed by atoms with Crippen LogP contribution < -0.4 is 10.1 Å². The number of nitrogens with one attached hydrogen (secondary N) is 1. The minimum atomic E-state index is -0.444. The van der Waals surface area contributed by atoms with E-state index >= 15 is 4.39 Å². The maximum absolute atomic E-state index is 15.1. The Morgan fingerprint density at radius 3 is 2.62 bits per heavy atom. The molecule has 6 rings (SSSR count). The maximum Gasteiger partial charge on any atom is 0.172 e. The van der Waals surface area contributed by atoms with Gasteiger partial charge in [-0.2, -0.15) is 10.2 Å². The largest absolute Gasteiger partial charge is 0.485 e. The van der Waals surface area contributed by atoms with E-state index in [1.54, 1.807) is 41.3 Å². The molecule has 0 saturated carbocycles. The highest BCUT2D eigenvalue weighted by Crippen LogP contribution is 2.38. The fraction of sp³-hybridized carbons (Fsp3) is 0.111. The van der Waals surface area contributed by atoms with Crippen molar-refractivity contribution in [2.45, 2.75) is 13.0 Å². The van der Waals surface area contributed by atoms with Crippen LogP contribution in [0.2, 0.25) is 0 Å². The molecule has 10 heteroatoms. The van der Waals surface area contributed by atoms with Crippen LogP contribution in [0.4, 0.5) is 20.3 Å². The Morgan fingerprint density at radius 2 is 1.84 bits per heavy atom. The van der Waals surface area contributed by atoms with E-state index in [0.717, 1.165) is 16.7 Å². The Kier molecular flexibility index (Phi) is 5.48. The minimum absolute atomic E-state index is 0.256. The van der Waals surface area contributed by atoms with Gasteiger partial charge in [0.25, 0.3) is 0 Å². The summed E-state index contributed by atoms with van der Waals surface area (Å²) in [6, 6.07) is 13.1. The van der Waals surface area contributed by atoms with Crippen molar-refractivity contribution in [1.29, 1.82) is 0 Å². The third kappa shape index (κ3) is 4.22. The summed E-state index contributed by atoms with van der Waals surface area (Å²) >= 11 is 0. The van der Waals surface area contributed by atoms with E-state index in [0.29, 0.717) is 28.0 Å². The van der Waals surface area contributed by atoms with Crippen LogP contribution in [0.1, 0.15) is 18.6 Å². The molecule has 6 aromatic rings. The smallest absolute Gasteiger partial charge is 0.172 e. The lowest BCUT2D eigenvalue weighted by molar-refractivity contribution is 0.228. The molecule has 37 heavy (non-hydrogen) atoms. The van der Waals surface area contributed by atoms with Gasteiger partial charge in [0.1, 0.15) is 35.3 Å². The fourth-order valence-electron chi connectivity index (χ4n) is 4.25. The molecule has 2 aromatic carbocycles. The molecule has 184 valence electrons. The molecular weight excluding hydrogens is 476 g/mol. The number of anilines is 2. The molecule has 0 radical (unpaired) electrons. The van der Waals surface area contributed by atoms with Gasteiger partial charge in [0.05, 0.1) is 23.6 Å². The number of aromatic nitrogens is 6. The van der Waals surface area contributed by atoms with Crippen molar-refractivity contribution in [1.82, 2.24) is 29.4 Å². The molecule has 4 aromatic heterocycles. The zero-order chi connectivity index (χ0) is 25.5. The highest BCUT2D eigenvalue weighted by molar-refractivity contribution is 5.95. The normalized spacial score (nSPS) is 12.2. The molecule has 0 bridgehead atoms. The highest BCUT2D eigenvalue weighted by atomic mass is 19.1. The molecular formula is C27H21F2N7O. The number of benzene rings is 2. The van der Waals surface area contributed by atoms with Gasteiger partial charge < -0.3 is 10.1 Å². The second kappa shape index (κ2) is 8.98. The zero-order valence-corrected chi connectivity index (χ0v) is 19.9. The summed E-state index contributed by atoms with van der Waals surface area (Å²) in [4.78, 5) is 8.83. The number of halogens is 2. The number of hydrogen-bond acceptors (Lipinski definition) is 6. The predicted octanol–water partition coefficient (Wildman–Crippen LogP) is 5.84. The van der Waals surface area contributed by atoms with Crippen LogP contribution in [0, 0.1) is 11.6 Å². The molecule has 8 nitrogen and oxygen atoms in total. The molecule has 0 saturated heterocycles. The van der Waals surface area contributed by atoms with Gasteiger partial charge >= 0.3 is 0 Å². The van der Waals surface area contributed by atoms with Gasteiger partial charge in [0.2, 0.25) is 0 Å². The number of ether oxygens (including phenoxy) is 1. The van der Waals surface area contributed by atoms with E-state index in [4.69, 9.17) is 4.74 Å². The van der Waals surface area contributed by atoms with Crippen molar-refractivity contribution in [2.24, 2.45) is 7.05 Å². The number of nitrogens with zero attached hydrogens (tertiary/aromatic N) is 6. The second-order valence-corrected chi connectivity index (χ2v) is 8.63. The molecule has 1 N–H and O–H groups in total. The number of rotatable bonds is 6. The third-order valence-electron chi connectivity index (χ3n) is 6.16. The van der Waals surface area contributed by atoms with Crippen molar-refractivity contribution in [3.05, 3.63) is 96.8 Å². The Labute approximate surface area is 210 Å². The molecule has 1 atom stereocenters. The molecule has 0 amide bonds. The number of fused-ring (bicyclic) bond motifs is 2.